The number of benzene rings is 1. The summed E-state index contributed by atoms with van der Waals surface area (Å²) in [5.74, 6) is 1.57. The van der Waals surface area contributed by atoms with Crippen LogP contribution in [0.2, 0.25) is 0 Å². The summed E-state index contributed by atoms with van der Waals surface area (Å²) in [5, 5.41) is 11.1. The number of anilines is 1. The van der Waals surface area contributed by atoms with Gasteiger partial charge in [-0.3, -0.25) is 0 Å². The highest BCUT2D eigenvalue weighted by atomic mass is 32.1. The lowest BCUT2D eigenvalue weighted by Crippen LogP contribution is -2.56. The molecule has 174 valence electrons. The number of likely N-dealkylation sites (tertiary alicyclic amines) is 1. The molecular weight excluding hydrogens is 420 g/mol. The van der Waals surface area contributed by atoms with Crippen molar-refractivity contribution in [3.8, 4) is 5.75 Å². The maximum atomic E-state index is 9.97. The van der Waals surface area contributed by atoms with E-state index in [1.54, 1.807) is 6.33 Å². The van der Waals surface area contributed by atoms with Gasteiger partial charge in [0, 0.05) is 42.5 Å². The molecule has 1 aromatic heterocycles. The summed E-state index contributed by atoms with van der Waals surface area (Å²) >= 11 is 1.51. The summed E-state index contributed by atoms with van der Waals surface area (Å²) in [6.07, 6.45) is 8.74. The molecule has 0 bridgehead atoms. The number of aliphatic hydroxyl groups is 1. The topological polar surface area (TPSA) is 61.7 Å². The molecule has 5 rings (SSSR count). The van der Waals surface area contributed by atoms with Gasteiger partial charge in [-0.25, -0.2) is 4.98 Å². The van der Waals surface area contributed by atoms with E-state index in [0.29, 0.717) is 24.4 Å². The fourth-order valence-electron chi connectivity index (χ4n) is 5.92. The molecule has 6 nitrogen and oxygen atoms in total. The van der Waals surface area contributed by atoms with Gasteiger partial charge in [-0.2, -0.15) is 4.37 Å². The van der Waals surface area contributed by atoms with Crippen LogP contribution >= 0.6 is 11.5 Å². The summed E-state index contributed by atoms with van der Waals surface area (Å²) < 4.78 is 10.3. The van der Waals surface area contributed by atoms with Crippen LogP contribution in [0.4, 0.5) is 5.13 Å². The predicted octanol–water partition coefficient (Wildman–Crippen LogP) is 4.32. The van der Waals surface area contributed by atoms with Crippen LogP contribution in [0.1, 0.15) is 63.9 Å². The quantitative estimate of drug-likeness (QED) is 0.670. The molecule has 1 aromatic carbocycles. The fraction of sp³-hybridized carbons (Fsp3) is 0.680. The molecule has 2 aliphatic heterocycles. The lowest BCUT2D eigenvalue weighted by atomic mass is 9.78. The Morgan fingerprint density at radius 3 is 2.69 bits per heavy atom. The molecule has 2 saturated heterocycles. The van der Waals surface area contributed by atoms with Crippen molar-refractivity contribution in [3.05, 3.63) is 36.2 Å². The highest BCUT2D eigenvalue weighted by Crippen LogP contribution is 2.49. The van der Waals surface area contributed by atoms with Crippen LogP contribution in [-0.4, -0.2) is 63.8 Å². The monoisotopic (exact) mass is 456 g/mol. The minimum absolute atomic E-state index is 0.508. The highest BCUT2D eigenvalue weighted by molar-refractivity contribution is 7.09. The second-order valence-corrected chi connectivity index (χ2v) is 11.5. The third-order valence-electron chi connectivity index (χ3n) is 7.73. The van der Waals surface area contributed by atoms with Gasteiger partial charge in [0.1, 0.15) is 12.1 Å². The van der Waals surface area contributed by atoms with Crippen molar-refractivity contribution in [1.82, 2.24) is 14.3 Å². The normalized spacial score (nSPS) is 24.1. The van der Waals surface area contributed by atoms with Gasteiger partial charge in [-0.1, -0.05) is 18.2 Å². The van der Waals surface area contributed by atoms with Crippen LogP contribution < -0.4 is 9.64 Å². The van der Waals surface area contributed by atoms with Crippen LogP contribution in [0.5, 0.6) is 5.75 Å². The second kappa shape index (κ2) is 8.92. The zero-order valence-electron chi connectivity index (χ0n) is 19.4. The zero-order chi connectivity index (χ0) is 22.2. The summed E-state index contributed by atoms with van der Waals surface area (Å²) in [5.41, 5.74) is 1.17. The van der Waals surface area contributed by atoms with Gasteiger partial charge in [0.15, 0.2) is 0 Å². The predicted molar refractivity (Wildman–Crippen MR) is 129 cm³/mol. The first-order valence-corrected chi connectivity index (χ1v) is 12.9. The molecule has 3 heterocycles. The van der Waals surface area contributed by atoms with Crippen molar-refractivity contribution < 1.29 is 9.84 Å². The average molecular weight is 457 g/mol. The summed E-state index contributed by atoms with van der Waals surface area (Å²) in [7, 11) is 0. The first kappa shape index (κ1) is 22.1. The van der Waals surface area contributed by atoms with Crippen molar-refractivity contribution in [3.63, 3.8) is 0 Å². The highest BCUT2D eigenvalue weighted by Gasteiger charge is 2.50. The molecule has 3 aliphatic rings. The standard InChI is InChI=1S/C25H36N4O2S/c1-24(2,30)11-14-31-22-6-4-3-5-21(22)19-8-12-28(13-9-19)20-7-10-25(15-20)16-29(17-25)23-26-18-27-32-23/h3-6,18-20,30H,7-17H2,1-2H3/t20-/m1/s1. The Morgan fingerprint density at radius 1 is 1.19 bits per heavy atom. The van der Waals surface area contributed by atoms with E-state index in [2.05, 4.69) is 43.4 Å². The van der Waals surface area contributed by atoms with E-state index >= 15 is 0 Å². The van der Waals surface area contributed by atoms with E-state index in [0.717, 1.165) is 30.0 Å². The van der Waals surface area contributed by atoms with E-state index in [4.69, 9.17) is 4.74 Å². The Morgan fingerprint density at radius 2 is 1.97 bits per heavy atom. The number of rotatable bonds is 7. The SMILES string of the molecule is CC(C)(O)CCOc1ccccc1C1CCN([C@@H]2CCC3(C2)CN(c2ncns2)C3)CC1. The van der Waals surface area contributed by atoms with Gasteiger partial charge in [-0.15, -0.1) is 0 Å². The fourth-order valence-corrected chi connectivity index (χ4v) is 6.44. The van der Waals surface area contributed by atoms with Gasteiger partial charge in [-0.05, 0) is 76.6 Å². The van der Waals surface area contributed by atoms with Gasteiger partial charge in [0.05, 0.1) is 12.2 Å². The van der Waals surface area contributed by atoms with Crippen molar-refractivity contribution in [2.24, 2.45) is 5.41 Å². The Kier molecular flexibility index (Phi) is 6.16. The molecular formula is C25H36N4O2S. The minimum Gasteiger partial charge on any atom is -0.493 e. The Labute approximate surface area is 195 Å². The summed E-state index contributed by atoms with van der Waals surface area (Å²) in [6.45, 7) is 8.91. The van der Waals surface area contributed by atoms with Crippen molar-refractivity contribution in [1.29, 1.82) is 0 Å². The lowest BCUT2D eigenvalue weighted by Gasteiger charge is -2.48. The van der Waals surface area contributed by atoms with Crippen LogP contribution in [0.15, 0.2) is 30.6 Å². The largest absolute Gasteiger partial charge is 0.493 e. The maximum Gasteiger partial charge on any atom is 0.204 e. The zero-order valence-corrected chi connectivity index (χ0v) is 20.2. The minimum atomic E-state index is -0.687. The maximum absolute atomic E-state index is 9.97. The second-order valence-electron chi connectivity index (χ2n) is 10.7. The van der Waals surface area contributed by atoms with Crippen molar-refractivity contribution in [2.75, 3.05) is 37.7 Å². The van der Waals surface area contributed by atoms with Crippen LogP contribution in [0.3, 0.4) is 0 Å². The van der Waals surface area contributed by atoms with Crippen LogP contribution in [0.25, 0.3) is 0 Å². The molecule has 32 heavy (non-hydrogen) atoms. The molecule has 2 aromatic rings. The number of nitrogens with zero attached hydrogens (tertiary/aromatic N) is 4. The van der Waals surface area contributed by atoms with Gasteiger partial charge in [0.25, 0.3) is 0 Å². The van der Waals surface area contributed by atoms with E-state index < -0.39 is 5.60 Å². The molecule has 0 radical (unpaired) electrons. The number of piperidine rings is 1. The molecule has 3 fully saturated rings. The van der Waals surface area contributed by atoms with E-state index in [1.165, 1.54) is 62.3 Å². The Hall–Kier alpha value is -1.70. The van der Waals surface area contributed by atoms with Crippen LogP contribution in [-0.2, 0) is 0 Å². The van der Waals surface area contributed by atoms with E-state index in [-0.39, 0.29) is 0 Å². The molecule has 0 unspecified atom stereocenters. The Bertz CT molecular complexity index is 884. The van der Waals surface area contributed by atoms with Gasteiger partial charge < -0.3 is 19.6 Å². The molecule has 7 heteroatoms. The third kappa shape index (κ3) is 4.80. The first-order chi connectivity index (χ1) is 15.4. The molecule has 1 aliphatic carbocycles. The van der Waals surface area contributed by atoms with E-state index in [9.17, 15) is 5.11 Å². The molecule has 1 atom stereocenters. The third-order valence-corrected chi connectivity index (χ3v) is 8.45. The summed E-state index contributed by atoms with van der Waals surface area (Å²) in [4.78, 5) is 9.54. The number of aromatic nitrogens is 2. The Balaban J connectivity index is 1.12. The van der Waals surface area contributed by atoms with E-state index in [1.807, 2.05) is 13.8 Å². The number of hydrogen-bond donors (Lipinski definition) is 1. The summed E-state index contributed by atoms with van der Waals surface area (Å²) in [6, 6.07) is 9.25. The van der Waals surface area contributed by atoms with Crippen LogP contribution in [0, 0.1) is 5.41 Å². The lowest BCUT2D eigenvalue weighted by molar-refractivity contribution is 0.0550. The number of hydrogen-bond acceptors (Lipinski definition) is 7. The molecule has 0 amide bonds. The van der Waals surface area contributed by atoms with Crippen molar-refractivity contribution in [2.45, 2.75) is 69.9 Å². The molecule has 1 saturated carbocycles. The number of ether oxygens (including phenoxy) is 1. The average Bonchev–Trinajstić information content (AvgIpc) is 3.43. The molecule has 1 N–H and O–H groups in total. The smallest absolute Gasteiger partial charge is 0.204 e. The number of para-hydroxylation sites is 1. The van der Waals surface area contributed by atoms with Crippen molar-refractivity contribution >= 4 is 16.7 Å². The first-order valence-electron chi connectivity index (χ1n) is 12.1. The van der Waals surface area contributed by atoms with Gasteiger partial charge in [0.2, 0.25) is 5.13 Å². The van der Waals surface area contributed by atoms with Gasteiger partial charge >= 0.3 is 0 Å². The molecule has 1 spiro atoms.